The van der Waals surface area contributed by atoms with Crippen molar-refractivity contribution in [2.45, 2.75) is 11.8 Å². The number of thioether (sulfide) groups is 1. The molecule has 0 saturated carbocycles. The van der Waals surface area contributed by atoms with Gasteiger partial charge in [-0.1, -0.05) is 24.3 Å². The lowest BCUT2D eigenvalue weighted by Crippen LogP contribution is -2.00. The molecular formula is C15H17NOS. The van der Waals surface area contributed by atoms with Gasteiger partial charge < -0.3 is 10.5 Å². The summed E-state index contributed by atoms with van der Waals surface area (Å²) in [7, 11) is 0. The largest absolute Gasteiger partial charge is 0.493 e. The third-order valence-corrected chi connectivity index (χ3v) is 3.56. The summed E-state index contributed by atoms with van der Waals surface area (Å²) in [5.74, 6) is 1.80. The van der Waals surface area contributed by atoms with E-state index >= 15 is 0 Å². The monoisotopic (exact) mass is 259 g/mol. The molecule has 2 N–H and O–H groups in total. The van der Waals surface area contributed by atoms with E-state index in [9.17, 15) is 0 Å². The number of hydrogen-bond acceptors (Lipinski definition) is 3. The summed E-state index contributed by atoms with van der Waals surface area (Å²) in [4.78, 5) is 1.13. The maximum Gasteiger partial charge on any atom is 0.119 e. The zero-order chi connectivity index (χ0) is 12.8. The van der Waals surface area contributed by atoms with E-state index in [1.54, 1.807) is 11.8 Å². The molecular weight excluding hydrogens is 242 g/mol. The van der Waals surface area contributed by atoms with Crippen molar-refractivity contribution in [1.29, 1.82) is 0 Å². The molecule has 0 bridgehead atoms. The molecule has 2 aromatic carbocycles. The molecule has 0 fully saturated rings. The van der Waals surface area contributed by atoms with Crippen LogP contribution in [0, 0.1) is 6.92 Å². The number of ether oxygens (including phenoxy) is 1. The summed E-state index contributed by atoms with van der Waals surface area (Å²) in [5.41, 5.74) is 7.99. The number of anilines is 1. The van der Waals surface area contributed by atoms with E-state index in [1.807, 2.05) is 42.5 Å². The predicted octanol–water partition coefficient (Wildman–Crippen LogP) is 3.75. The first-order chi connectivity index (χ1) is 8.75. The maximum absolute atomic E-state index is 5.92. The fourth-order valence-electron chi connectivity index (χ4n) is 1.59. The molecule has 2 aromatic rings. The van der Waals surface area contributed by atoms with Crippen molar-refractivity contribution in [2.75, 3.05) is 18.1 Å². The molecule has 0 amide bonds. The van der Waals surface area contributed by atoms with Crippen molar-refractivity contribution in [1.82, 2.24) is 0 Å². The molecule has 0 aliphatic heterocycles. The number of rotatable bonds is 5. The first kappa shape index (κ1) is 12.8. The lowest BCUT2D eigenvalue weighted by Gasteiger charge is -2.08. The standard InChI is InChI=1S/C15H17NOS/c1-12-7-8-14(16)15(11-12)18-10-9-17-13-5-3-2-4-6-13/h2-8,11H,9-10,16H2,1H3. The van der Waals surface area contributed by atoms with Crippen LogP contribution in [0.1, 0.15) is 5.56 Å². The highest BCUT2D eigenvalue weighted by Gasteiger charge is 2.00. The molecule has 0 aromatic heterocycles. The van der Waals surface area contributed by atoms with Gasteiger partial charge >= 0.3 is 0 Å². The van der Waals surface area contributed by atoms with Crippen LogP contribution in [-0.2, 0) is 0 Å². The van der Waals surface area contributed by atoms with Gasteiger partial charge in [0.05, 0.1) is 6.61 Å². The highest BCUT2D eigenvalue weighted by atomic mass is 32.2. The van der Waals surface area contributed by atoms with Gasteiger partial charge in [0.1, 0.15) is 5.75 Å². The minimum Gasteiger partial charge on any atom is -0.493 e. The average molecular weight is 259 g/mol. The Morgan fingerprint density at radius 1 is 1.11 bits per heavy atom. The molecule has 94 valence electrons. The molecule has 0 unspecified atom stereocenters. The smallest absolute Gasteiger partial charge is 0.119 e. The summed E-state index contributed by atoms with van der Waals surface area (Å²) in [6, 6.07) is 16.0. The Hall–Kier alpha value is -1.61. The van der Waals surface area contributed by atoms with E-state index < -0.39 is 0 Å². The Morgan fingerprint density at radius 3 is 2.67 bits per heavy atom. The SMILES string of the molecule is Cc1ccc(N)c(SCCOc2ccccc2)c1. The van der Waals surface area contributed by atoms with Crippen LogP contribution in [0.4, 0.5) is 5.69 Å². The van der Waals surface area contributed by atoms with E-state index in [0.717, 1.165) is 22.1 Å². The van der Waals surface area contributed by atoms with Crippen molar-refractivity contribution in [2.24, 2.45) is 0 Å². The van der Waals surface area contributed by atoms with Gasteiger partial charge in [0.2, 0.25) is 0 Å². The van der Waals surface area contributed by atoms with Crippen LogP contribution in [0.5, 0.6) is 5.75 Å². The Labute approximate surface area is 112 Å². The Morgan fingerprint density at radius 2 is 1.89 bits per heavy atom. The van der Waals surface area contributed by atoms with E-state index in [2.05, 4.69) is 13.0 Å². The zero-order valence-electron chi connectivity index (χ0n) is 10.4. The minimum absolute atomic E-state index is 0.683. The average Bonchev–Trinajstić information content (AvgIpc) is 2.40. The Balaban J connectivity index is 1.80. The number of benzene rings is 2. The summed E-state index contributed by atoms with van der Waals surface area (Å²) >= 11 is 1.73. The zero-order valence-corrected chi connectivity index (χ0v) is 11.2. The van der Waals surface area contributed by atoms with Gasteiger partial charge in [-0.05, 0) is 36.8 Å². The van der Waals surface area contributed by atoms with E-state index in [4.69, 9.17) is 10.5 Å². The number of hydrogen-bond donors (Lipinski definition) is 1. The molecule has 0 saturated heterocycles. The van der Waals surface area contributed by atoms with Crippen molar-refractivity contribution >= 4 is 17.4 Å². The van der Waals surface area contributed by atoms with Gasteiger partial charge in [0, 0.05) is 16.3 Å². The molecule has 2 nitrogen and oxygen atoms in total. The molecule has 3 heteroatoms. The third kappa shape index (κ3) is 3.70. The molecule has 0 spiro atoms. The number of aryl methyl sites for hydroxylation is 1. The van der Waals surface area contributed by atoms with Gasteiger partial charge in [0.25, 0.3) is 0 Å². The van der Waals surface area contributed by atoms with Crippen LogP contribution in [-0.4, -0.2) is 12.4 Å². The summed E-state index contributed by atoms with van der Waals surface area (Å²) < 4.78 is 5.64. The van der Waals surface area contributed by atoms with Crippen molar-refractivity contribution in [3.05, 3.63) is 54.1 Å². The lowest BCUT2D eigenvalue weighted by molar-refractivity contribution is 0.344. The van der Waals surface area contributed by atoms with Crippen molar-refractivity contribution in [3.63, 3.8) is 0 Å². The molecule has 0 radical (unpaired) electrons. The fourth-order valence-corrected chi connectivity index (χ4v) is 2.48. The van der Waals surface area contributed by atoms with Gasteiger partial charge in [-0.15, -0.1) is 11.8 Å². The fraction of sp³-hybridized carbons (Fsp3) is 0.200. The summed E-state index contributed by atoms with van der Waals surface area (Å²) in [6.45, 7) is 2.76. The Kier molecular flexibility index (Phi) is 4.53. The van der Waals surface area contributed by atoms with Crippen LogP contribution in [0.15, 0.2) is 53.4 Å². The normalized spacial score (nSPS) is 10.3. The van der Waals surface area contributed by atoms with E-state index in [-0.39, 0.29) is 0 Å². The number of nitrogens with two attached hydrogens (primary N) is 1. The van der Waals surface area contributed by atoms with Crippen LogP contribution < -0.4 is 10.5 Å². The third-order valence-electron chi connectivity index (χ3n) is 2.52. The van der Waals surface area contributed by atoms with Gasteiger partial charge in [-0.3, -0.25) is 0 Å². The second kappa shape index (κ2) is 6.36. The van der Waals surface area contributed by atoms with Crippen LogP contribution in [0.3, 0.4) is 0 Å². The minimum atomic E-state index is 0.683. The summed E-state index contributed by atoms with van der Waals surface area (Å²) in [5, 5.41) is 0. The molecule has 0 aliphatic carbocycles. The van der Waals surface area contributed by atoms with Crippen LogP contribution in [0.25, 0.3) is 0 Å². The molecule has 0 atom stereocenters. The molecule has 0 aliphatic rings. The van der Waals surface area contributed by atoms with Gasteiger partial charge in [-0.2, -0.15) is 0 Å². The van der Waals surface area contributed by atoms with Gasteiger partial charge in [0.15, 0.2) is 0 Å². The van der Waals surface area contributed by atoms with Crippen molar-refractivity contribution < 1.29 is 4.74 Å². The van der Waals surface area contributed by atoms with E-state index in [1.165, 1.54) is 5.56 Å². The summed E-state index contributed by atoms with van der Waals surface area (Å²) in [6.07, 6.45) is 0. The first-order valence-corrected chi connectivity index (χ1v) is 6.91. The lowest BCUT2D eigenvalue weighted by atomic mass is 10.2. The second-order valence-electron chi connectivity index (χ2n) is 4.05. The second-order valence-corrected chi connectivity index (χ2v) is 5.19. The maximum atomic E-state index is 5.92. The quantitative estimate of drug-likeness (QED) is 0.504. The number of para-hydroxylation sites is 1. The molecule has 2 rings (SSSR count). The first-order valence-electron chi connectivity index (χ1n) is 5.92. The topological polar surface area (TPSA) is 35.2 Å². The Bertz CT molecular complexity index is 499. The van der Waals surface area contributed by atoms with Crippen LogP contribution in [0.2, 0.25) is 0 Å². The molecule has 0 heterocycles. The molecule has 18 heavy (non-hydrogen) atoms. The highest BCUT2D eigenvalue weighted by Crippen LogP contribution is 2.25. The van der Waals surface area contributed by atoms with Crippen molar-refractivity contribution in [3.8, 4) is 5.75 Å². The highest BCUT2D eigenvalue weighted by molar-refractivity contribution is 7.99. The van der Waals surface area contributed by atoms with E-state index in [0.29, 0.717) is 6.61 Å². The predicted molar refractivity (Wildman–Crippen MR) is 78.3 cm³/mol. The van der Waals surface area contributed by atoms with Gasteiger partial charge in [-0.25, -0.2) is 0 Å². The van der Waals surface area contributed by atoms with Crippen LogP contribution >= 0.6 is 11.8 Å². The number of nitrogen functional groups attached to an aromatic ring is 1.